The molecule has 1 aromatic rings. The van der Waals surface area contributed by atoms with E-state index < -0.39 is 11.6 Å². The molecule has 3 unspecified atom stereocenters. The summed E-state index contributed by atoms with van der Waals surface area (Å²) in [6.07, 6.45) is 2.70. The van der Waals surface area contributed by atoms with E-state index in [1.807, 2.05) is 0 Å². The zero-order chi connectivity index (χ0) is 13.3. The number of nitrogens with zero attached hydrogens (tertiary/aromatic N) is 1. The molecule has 0 aliphatic heterocycles. The van der Waals surface area contributed by atoms with Crippen LogP contribution in [0.1, 0.15) is 33.1 Å². The Morgan fingerprint density at radius 3 is 2.61 bits per heavy atom. The normalized spacial score (nSPS) is 28.1. The van der Waals surface area contributed by atoms with Crippen LogP contribution in [0.15, 0.2) is 6.07 Å². The van der Waals surface area contributed by atoms with Crippen molar-refractivity contribution in [1.29, 1.82) is 0 Å². The van der Waals surface area contributed by atoms with Crippen molar-refractivity contribution in [1.82, 2.24) is 4.98 Å². The predicted octanol–water partition coefficient (Wildman–Crippen LogP) is 3.15. The third-order valence-electron chi connectivity index (χ3n) is 3.75. The number of hydrogen-bond donors (Lipinski definition) is 1. The van der Waals surface area contributed by atoms with Gasteiger partial charge in [0.15, 0.2) is 17.5 Å². The summed E-state index contributed by atoms with van der Waals surface area (Å²) < 4.78 is 32.0. The summed E-state index contributed by atoms with van der Waals surface area (Å²) in [5, 5.41) is 0. The Labute approximate surface area is 105 Å². The summed E-state index contributed by atoms with van der Waals surface area (Å²) in [5.41, 5.74) is 5.31. The van der Waals surface area contributed by atoms with E-state index in [-0.39, 0.29) is 17.8 Å². The van der Waals surface area contributed by atoms with Gasteiger partial charge in [0.25, 0.3) is 5.88 Å². The highest BCUT2D eigenvalue weighted by atomic mass is 19.1. The third kappa shape index (κ3) is 2.71. The largest absolute Gasteiger partial charge is 0.472 e. The number of hydrogen-bond acceptors (Lipinski definition) is 3. The number of ether oxygens (including phenoxy) is 1. The van der Waals surface area contributed by atoms with Gasteiger partial charge in [-0.15, -0.1) is 0 Å². The summed E-state index contributed by atoms with van der Waals surface area (Å²) in [7, 11) is 0. The molecule has 0 amide bonds. The smallest absolute Gasteiger partial charge is 0.252 e. The lowest BCUT2D eigenvalue weighted by atomic mass is 9.80. The van der Waals surface area contributed by atoms with Gasteiger partial charge in [-0.25, -0.2) is 8.78 Å². The molecular formula is C13H18F2N2O. The first kappa shape index (κ1) is 13.1. The van der Waals surface area contributed by atoms with Crippen LogP contribution in [-0.2, 0) is 0 Å². The first-order chi connectivity index (χ1) is 8.47. The van der Waals surface area contributed by atoms with E-state index >= 15 is 0 Å². The molecule has 1 aliphatic rings. The van der Waals surface area contributed by atoms with Gasteiger partial charge < -0.3 is 10.5 Å². The topological polar surface area (TPSA) is 48.1 Å². The molecule has 1 saturated carbocycles. The van der Waals surface area contributed by atoms with Gasteiger partial charge in [0.05, 0.1) is 0 Å². The maximum atomic E-state index is 13.5. The van der Waals surface area contributed by atoms with E-state index in [2.05, 4.69) is 18.8 Å². The fourth-order valence-electron chi connectivity index (χ4n) is 2.31. The quantitative estimate of drug-likeness (QED) is 0.884. The highest BCUT2D eigenvalue weighted by Gasteiger charge is 2.27. The second kappa shape index (κ2) is 5.08. The molecule has 3 nitrogen and oxygen atoms in total. The Morgan fingerprint density at radius 1 is 1.22 bits per heavy atom. The summed E-state index contributed by atoms with van der Waals surface area (Å²) in [4.78, 5) is 3.62. The highest BCUT2D eigenvalue weighted by molar-refractivity contribution is 5.34. The zero-order valence-corrected chi connectivity index (χ0v) is 10.6. The van der Waals surface area contributed by atoms with Crippen LogP contribution in [0.2, 0.25) is 0 Å². The van der Waals surface area contributed by atoms with Crippen LogP contribution < -0.4 is 10.5 Å². The van der Waals surface area contributed by atoms with Crippen molar-refractivity contribution in [2.45, 2.75) is 39.2 Å². The number of aromatic nitrogens is 1. The number of rotatable bonds is 2. The van der Waals surface area contributed by atoms with E-state index in [1.54, 1.807) is 0 Å². The van der Waals surface area contributed by atoms with Gasteiger partial charge in [-0.05, 0) is 31.1 Å². The first-order valence-electron chi connectivity index (χ1n) is 6.25. The first-order valence-corrected chi connectivity index (χ1v) is 6.25. The van der Waals surface area contributed by atoms with Crippen molar-refractivity contribution in [2.24, 2.45) is 11.8 Å². The average Bonchev–Trinajstić information content (AvgIpc) is 2.31. The molecule has 1 aliphatic carbocycles. The molecule has 2 N–H and O–H groups in total. The van der Waals surface area contributed by atoms with Crippen LogP contribution in [0.5, 0.6) is 5.88 Å². The molecule has 0 saturated heterocycles. The number of halogens is 2. The van der Waals surface area contributed by atoms with Crippen molar-refractivity contribution < 1.29 is 13.5 Å². The molecule has 18 heavy (non-hydrogen) atoms. The van der Waals surface area contributed by atoms with E-state index in [0.29, 0.717) is 17.9 Å². The molecule has 5 heteroatoms. The van der Waals surface area contributed by atoms with E-state index in [9.17, 15) is 8.78 Å². The van der Waals surface area contributed by atoms with Gasteiger partial charge in [0.2, 0.25) is 0 Å². The van der Waals surface area contributed by atoms with Crippen molar-refractivity contribution in [3.63, 3.8) is 0 Å². The zero-order valence-electron chi connectivity index (χ0n) is 10.6. The van der Waals surface area contributed by atoms with Gasteiger partial charge in [-0.2, -0.15) is 4.98 Å². The number of nitrogen functional groups attached to an aromatic ring is 1. The SMILES string of the molecule is CC1CCC(Oc2nc(N)c(F)cc2F)CC1C. The second-order valence-electron chi connectivity index (χ2n) is 5.15. The summed E-state index contributed by atoms with van der Waals surface area (Å²) in [5.74, 6) is -0.992. The Balaban J connectivity index is 2.08. The molecule has 1 fully saturated rings. The molecule has 2 rings (SSSR count). The van der Waals surface area contributed by atoms with Gasteiger partial charge >= 0.3 is 0 Å². The van der Waals surface area contributed by atoms with Crippen LogP contribution in [0.3, 0.4) is 0 Å². The maximum absolute atomic E-state index is 13.5. The fraction of sp³-hybridized carbons (Fsp3) is 0.615. The van der Waals surface area contributed by atoms with Gasteiger partial charge in [-0.3, -0.25) is 0 Å². The predicted molar refractivity (Wildman–Crippen MR) is 65.2 cm³/mol. The Bertz CT molecular complexity index is 439. The summed E-state index contributed by atoms with van der Waals surface area (Å²) in [6.45, 7) is 4.36. The van der Waals surface area contributed by atoms with Crippen LogP contribution in [0, 0.1) is 23.5 Å². The van der Waals surface area contributed by atoms with Crippen molar-refractivity contribution >= 4 is 5.82 Å². The van der Waals surface area contributed by atoms with E-state index in [4.69, 9.17) is 10.5 Å². The second-order valence-corrected chi connectivity index (χ2v) is 5.15. The van der Waals surface area contributed by atoms with Crippen LogP contribution in [0.4, 0.5) is 14.6 Å². The third-order valence-corrected chi connectivity index (χ3v) is 3.75. The fourth-order valence-corrected chi connectivity index (χ4v) is 2.31. The molecule has 3 atom stereocenters. The van der Waals surface area contributed by atoms with Crippen LogP contribution in [-0.4, -0.2) is 11.1 Å². The highest BCUT2D eigenvalue weighted by Crippen LogP contribution is 2.32. The molecule has 0 spiro atoms. The summed E-state index contributed by atoms with van der Waals surface area (Å²) >= 11 is 0. The molecule has 100 valence electrons. The molecule has 0 radical (unpaired) electrons. The standard InChI is InChI=1S/C13H18F2N2O/c1-7-3-4-9(5-8(7)2)18-13-11(15)6-10(14)12(16)17-13/h6-9H,3-5H2,1-2H3,(H2,16,17). The van der Waals surface area contributed by atoms with Gasteiger partial charge in [0, 0.05) is 6.07 Å². The van der Waals surface area contributed by atoms with Gasteiger partial charge in [0.1, 0.15) is 6.10 Å². The number of nitrogens with two attached hydrogens (primary N) is 1. The number of pyridine rings is 1. The van der Waals surface area contributed by atoms with Gasteiger partial charge in [-0.1, -0.05) is 13.8 Å². The van der Waals surface area contributed by atoms with Crippen molar-refractivity contribution in [2.75, 3.05) is 5.73 Å². The van der Waals surface area contributed by atoms with E-state index in [0.717, 1.165) is 19.3 Å². The van der Waals surface area contributed by atoms with E-state index in [1.165, 1.54) is 0 Å². The Hall–Kier alpha value is -1.39. The number of anilines is 1. The van der Waals surface area contributed by atoms with Crippen molar-refractivity contribution in [3.8, 4) is 5.88 Å². The Kier molecular flexibility index (Phi) is 3.68. The maximum Gasteiger partial charge on any atom is 0.252 e. The molecule has 0 bridgehead atoms. The van der Waals surface area contributed by atoms with Crippen molar-refractivity contribution in [3.05, 3.63) is 17.7 Å². The van der Waals surface area contributed by atoms with Crippen LogP contribution >= 0.6 is 0 Å². The molecule has 1 heterocycles. The molecule has 0 aromatic carbocycles. The average molecular weight is 256 g/mol. The van der Waals surface area contributed by atoms with Crippen LogP contribution in [0.25, 0.3) is 0 Å². The lowest BCUT2D eigenvalue weighted by molar-refractivity contribution is 0.0922. The Morgan fingerprint density at radius 2 is 1.94 bits per heavy atom. The minimum Gasteiger partial charge on any atom is -0.472 e. The lowest BCUT2D eigenvalue weighted by Crippen LogP contribution is -2.29. The molecule has 1 aromatic heterocycles. The minimum absolute atomic E-state index is 0.0666. The molecular weight excluding hydrogens is 238 g/mol. The monoisotopic (exact) mass is 256 g/mol. The summed E-state index contributed by atoms with van der Waals surface area (Å²) in [6, 6.07) is 0.715. The lowest BCUT2D eigenvalue weighted by Gasteiger charge is -2.31. The minimum atomic E-state index is -0.856.